The zero-order valence-corrected chi connectivity index (χ0v) is 11.6. The summed E-state index contributed by atoms with van der Waals surface area (Å²) in [4.78, 5) is 0. The third-order valence-electron chi connectivity index (χ3n) is 6.11. The van der Waals surface area contributed by atoms with Gasteiger partial charge in [-0.2, -0.15) is 0 Å². The van der Waals surface area contributed by atoms with Crippen molar-refractivity contribution in [2.24, 2.45) is 17.7 Å². The Hall–Kier alpha value is -0.160. The van der Waals surface area contributed by atoms with Crippen molar-refractivity contribution < 1.29 is 9.47 Å². The van der Waals surface area contributed by atoms with Crippen LogP contribution in [0.2, 0.25) is 0 Å². The standard InChI is InChI=1S/C15H26N2O2/c16-17-14(12-8-11-2-3-13(12)19-11)10-4-7-18-15(9-10)5-1-6-15/h10-14,17H,1-9,16H2. The molecule has 19 heavy (non-hydrogen) atoms. The summed E-state index contributed by atoms with van der Waals surface area (Å²) in [6, 6.07) is 0.427. The molecule has 3 aliphatic heterocycles. The van der Waals surface area contributed by atoms with E-state index in [2.05, 4.69) is 5.43 Å². The van der Waals surface area contributed by atoms with Crippen LogP contribution in [-0.4, -0.2) is 30.5 Å². The lowest BCUT2D eigenvalue weighted by Gasteiger charge is -2.49. The molecular formula is C15H26N2O2. The van der Waals surface area contributed by atoms with Gasteiger partial charge in [0.1, 0.15) is 0 Å². The molecule has 0 aromatic carbocycles. The summed E-state index contributed by atoms with van der Waals surface area (Å²) in [5.41, 5.74) is 3.37. The van der Waals surface area contributed by atoms with Gasteiger partial charge in [0.25, 0.3) is 0 Å². The summed E-state index contributed by atoms with van der Waals surface area (Å²) in [5.74, 6) is 7.22. The van der Waals surface area contributed by atoms with Crippen molar-refractivity contribution in [2.75, 3.05) is 6.61 Å². The molecule has 2 bridgehead atoms. The van der Waals surface area contributed by atoms with E-state index in [-0.39, 0.29) is 5.60 Å². The highest BCUT2D eigenvalue weighted by Crippen LogP contribution is 2.48. The van der Waals surface area contributed by atoms with Gasteiger partial charge in [0.2, 0.25) is 0 Å². The van der Waals surface area contributed by atoms with Crippen LogP contribution in [0.15, 0.2) is 0 Å². The number of ether oxygens (including phenoxy) is 2. The number of hydrazine groups is 1. The summed E-state index contributed by atoms with van der Waals surface area (Å²) in [6.07, 6.45) is 10.9. The number of nitrogens with two attached hydrogens (primary N) is 1. The molecule has 3 N–H and O–H groups in total. The van der Waals surface area contributed by atoms with Crippen molar-refractivity contribution in [3.63, 3.8) is 0 Å². The zero-order chi connectivity index (χ0) is 12.9. The molecule has 3 saturated heterocycles. The molecule has 4 fully saturated rings. The Kier molecular flexibility index (Phi) is 3.10. The predicted octanol–water partition coefficient (Wildman–Crippen LogP) is 1.74. The fourth-order valence-corrected chi connectivity index (χ4v) is 4.96. The van der Waals surface area contributed by atoms with Crippen LogP contribution < -0.4 is 11.3 Å². The van der Waals surface area contributed by atoms with Crippen molar-refractivity contribution in [2.45, 2.75) is 75.2 Å². The lowest BCUT2D eigenvalue weighted by Crippen LogP contribution is -2.55. The first-order valence-corrected chi connectivity index (χ1v) is 8.05. The maximum absolute atomic E-state index is 6.05. The number of rotatable bonds is 3. The first-order chi connectivity index (χ1) is 9.30. The molecule has 4 nitrogen and oxygen atoms in total. The molecule has 5 unspecified atom stereocenters. The molecule has 0 aromatic rings. The quantitative estimate of drug-likeness (QED) is 0.603. The van der Waals surface area contributed by atoms with E-state index in [1.54, 1.807) is 0 Å². The number of hydrogen-bond donors (Lipinski definition) is 2. The largest absolute Gasteiger partial charge is 0.375 e. The van der Waals surface area contributed by atoms with E-state index in [4.69, 9.17) is 15.3 Å². The summed E-state index contributed by atoms with van der Waals surface area (Å²) < 4.78 is 12.1. The topological polar surface area (TPSA) is 56.5 Å². The molecule has 3 heterocycles. The van der Waals surface area contributed by atoms with Crippen LogP contribution >= 0.6 is 0 Å². The van der Waals surface area contributed by atoms with Gasteiger partial charge in [-0.25, -0.2) is 0 Å². The SMILES string of the molecule is NNC(C1CCOC2(CCC2)C1)C1CC2CCC1O2. The van der Waals surface area contributed by atoms with E-state index in [1.807, 2.05) is 0 Å². The Morgan fingerprint density at radius 3 is 2.68 bits per heavy atom. The van der Waals surface area contributed by atoms with Crippen LogP contribution in [0.4, 0.5) is 0 Å². The van der Waals surface area contributed by atoms with Crippen LogP contribution in [0, 0.1) is 11.8 Å². The third-order valence-corrected chi connectivity index (χ3v) is 6.11. The monoisotopic (exact) mass is 266 g/mol. The van der Waals surface area contributed by atoms with Gasteiger partial charge in [0, 0.05) is 18.6 Å². The van der Waals surface area contributed by atoms with E-state index in [9.17, 15) is 0 Å². The summed E-state index contributed by atoms with van der Waals surface area (Å²) >= 11 is 0. The Morgan fingerprint density at radius 1 is 1.21 bits per heavy atom. The first kappa shape index (κ1) is 12.6. The van der Waals surface area contributed by atoms with Crippen molar-refractivity contribution >= 4 is 0 Å². The highest BCUT2D eigenvalue weighted by atomic mass is 16.5. The van der Waals surface area contributed by atoms with Crippen LogP contribution in [0.5, 0.6) is 0 Å². The first-order valence-electron chi connectivity index (χ1n) is 8.05. The van der Waals surface area contributed by atoms with Gasteiger partial charge < -0.3 is 9.47 Å². The molecule has 4 rings (SSSR count). The van der Waals surface area contributed by atoms with E-state index in [0.29, 0.717) is 30.1 Å². The van der Waals surface area contributed by atoms with Gasteiger partial charge in [0.15, 0.2) is 0 Å². The highest BCUT2D eigenvalue weighted by Gasteiger charge is 2.50. The Labute approximate surface area is 115 Å². The van der Waals surface area contributed by atoms with E-state index in [1.165, 1.54) is 44.9 Å². The molecular weight excluding hydrogens is 240 g/mol. The van der Waals surface area contributed by atoms with Gasteiger partial charge >= 0.3 is 0 Å². The van der Waals surface area contributed by atoms with Gasteiger partial charge in [0.05, 0.1) is 17.8 Å². The summed E-state index contributed by atoms with van der Waals surface area (Å²) in [7, 11) is 0. The van der Waals surface area contributed by atoms with Crippen LogP contribution in [0.1, 0.15) is 51.4 Å². The average Bonchev–Trinajstić information content (AvgIpc) is 3.01. The number of nitrogens with one attached hydrogen (secondary N) is 1. The Morgan fingerprint density at radius 2 is 2.11 bits per heavy atom. The van der Waals surface area contributed by atoms with Gasteiger partial charge in [-0.3, -0.25) is 11.3 Å². The normalized spacial score (nSPS) is 45.3. The van der Waals surface area contributed by atoms with Crippen LogP contribution in [-0.2, 0) is 9.47 Å². The summed E-state index contributed by atoms with van der Waals surface area (Å²) in [5, 5.41) is 0. The Bertz CT molecular complexity index is 345. The average molecular weight is 266 g/mol. The molecule has 108 valence electrons. The zero-order valence-electron chi connectivity index (χ0n) is 11.6. The van der Waals surface area contributed by atoms with Crippen molar-refractivity contribution in [3.8, 4) is 0 Å². The van der Waals surface area contributed by atoms with Crippen LogP contribution in [0.25, 0.3) is 0 Å². The fourth-order valence-electron chi connectivity index (χ4n) is 4.96. The highest BCUT2D eigenvalue weighted by molar-refractivity contribution is 5.01. The maximum Gasteiger partial charge on any atom is 0.0685 e. The molecule has 1 aliphatic carbocycles. The smallest absolute Gasteiger partial charge is 0.0685 e. The van der Waals surface area contributed by atoms with Crippen molar-refractivity contribution in [1.82, 2.24) is 5.43 Å². The minimum absolute atomic E-state index is 0.219. The number of fused-ring (bicyclic) bond motifs is 2. The van der Waals surface area contributed by atoms with E-state index in [0.717, 1.165) is 13.0 Å². The molecule has 1 spiro atoms. The van der Waals surface area contributed by atoms with E-state index >= 15 is 0 Å². The van der Waals surface area contributed by atoms with Crippen molar-refractivity contribution in [3.05, 3.63) is 0 Å². The lowest BCUT2D eigenvalue weighted by molar-refractivity contribution is -0.150. The second-order valence-electron chi connectivity index (χ2n) is 7.10. The fraction of sp³-hybridized carbons (Fsp3) is 1.00. The summed E-state index contributed by atoms with van der Waals surface area (Å²) in [6.45, 7) is 0.921. The van der Waals surface area contributed by atoms with Gasteiger partial charge in [-0.15, -0.1) is 0 Å². The molecule has 5 atom stereocenters. The Balaban J connectivity index is 1.46. The predicted molar refractivity (Wildman–Crippen MR) is 72.4 cm³/mol. The number of hydrogen-bond acceptors (Lipinski definition) is 4. The molecule has 4 aliphatic rings. The van der Waals surface area contributed by atoms with Crippen molar-refractivity contribution in [1.29, 1.82) is 0 Å². The minimum Gasteiger partial charge on any atom is -0.375 e. The lowest BCUT2D eigenvalue weighted by atomic mass is 9.67. The van der Waals surface area contributed by atoms with Crippen LogP contribution in [0.3, 0.4) is 0 Å². The maximum atomic E-state index is 6.05. The van der Waals surface area contributed by atoms with E-state index < -0.39 is 0 Å². The van der Waals surface area contributed by atoms with Gasteiger partial charge in [-0.05, 0) is 57.3 Å². The molecule has 0 amide bonds. The second-order valence-corrected chi connectivity index (χ2v) is 7.10. The molecule has 0 aromatic heterocycles. The molecule has 4 heteroatoms. The second kappa shape index (κ2) is 4.69. The third kappa shape index (κ3) is 2.04. The minimum atomic E-state index is 0.219. The molecule has 1 saturated carbocycles. The molecule has 0 radical (unpaired) electrons. The van der Waals surface area contributed by atoms with Gasteiger partial charge in [-0.1, -0.05) is 0 Å².